The number of urea groups is 1. The normalized spacial score (nSPS) is 17.9. The van der Waals surface area contributed by atoms with Gasteiger partial charge >= 0.3 is 6.03 Å². The van der Waals surface area contributed by atoms with Crippen molar-refractivity contribution >= 4 is 28.8 Å². The highest BCUT2D eigenvalue weighted by Gasteiger charge is 2.44. The van der Waals surface area contributed by atoms with Gasteiger partial charge in [-0.3, -0.25) is 14.5 Å². The Labute approximate surface area is 139 Å². The van der Waals surface area contributed by atoms with Crippen LogP contribution in [0.5, 0.6) is 0 Å². The number of benzene rings is 1. The van der Waals surface area contributed by atoms with Gasteiger partial charge in [0.25, 0.3) is 5.91 Å². The van der Waals surface area contributed by atoms with Crippen molar-refractivity contribution in [3.05, 3.63) is 36.1 Å². The summed E-state index contributed by atoms with van der Waals surface area (Å²) < 4.78 is 5.70. The third-order valence-electron chi connectivity index (χ3n) is 3.99. The van der Waals surface area contributed by atoms with Crippen molar-refractivity contribution in [3.8, 4) is 0 Å². The van der Waals surface area contributed by atoms with E-state index >= 15 is 0 Å². The monoisotopic (exact) mass is 329 g/mol. The Balaban J connectivity index is 1.66. The van der Waals surface area contributed by atoms with Gasteiger partial charge < -0.3 is 15.1 Å². The summed E-state index contributed by atoms with van der Waals surface area (Å²) in [6.45, 7) is 4.66. The fourth-order valence-electron chi connectivity index (χ4n) is 2.68. The van der Waals surface area contributed by atoms with Crippen molar-refractivity contribution < 1.29 is 18.8 Å². The molecule has 126 valence electrons. The first-order valence-corrected chi connectivity index (χ1v) is 7.70. The van der Waals surface area contributed by atoms with Crippen molar-refractivity contribution in [1.29, 1.82) is 0 Å². The second-order valence-corrected chi connectivity index (χ2v) is 6.42. The number of fused-ring (bicyclic) bond motifs is 1. The molecule has 0 saturated carbocycles. The first-order valence-electron chi connectivity index (χ1n) is 7.70. The average Bonchev–Trinajstić information content (AvgIpc) is 3.02. The first-order chi connectivity index (χ1) is 11.3. The van der Waals surface area contributed by atoms with Crippen LogP contribution in [-0.2, 0) is 9.59 Å². The molecule has 24 heavy (non-hydrogen) atoms. The molecule has 2 aromatic rings. The second-order valence-electron chi connectivity index (χ2n) is 6.42. The molecular formula is C17H19N3O4. The molecule has 1 unspecified atom stereocenters. The molecule has 0 radical (unpaired) electrons. The zero-order valence-corrected chi connectivity index (χ0v) is 13.8. The molecule has 1 fully saturated rings. The highest BCUT2D eigenvalue weighted by Crippen LogP contribution is 2.23. The van der Waals surface area contributed by atoms with Gasteiger partial charge in [-0.2, -0.15) is 0 Å². The Hall–Kier alpha value is -2.83. The zero-order chi connectivity index (χ0) is 17.5. The zero-order valence-electron chi connectivity index (χ0n) is 13.8. The molecule has 0 bridgehead atoms. The molecule has 1 aromatic carbocycles. The number of para-hydroxylation sites is 1. The molecule has 2 N–H and O–H groups in total. The van der Waals surface area contributed by atoms with Crippen molar-refractivity contribution in [2.75, 3.05) is 6.54 Å². The second kappa shape index (κ2) is 5.67. The van der Waals surface area contributed by atoms with Crippen LogP contribution in [0.15, 0.2) is 34.7 Å². The molecule has 1 atom stereocenters. The predicted molar refractivity (Wildman–Crippen MR) is 87.1 cm³/mol. The van der Waals surface area contributed by atoms with E-state index in [0.717, 1.165) is 15.9 Å². The van der Waals surface area contributed by atoms with E-state index in [1.165, 1.54) is 0 Å². The van der Waals surface area contributed by atoms with Gasteiger partial charge in [-0.15, -0.1) is 0 Å². The maximum atomic E-state index is 12.2. The maximum Gasteiger partial charge on any atom is 0.325 e. The number of hydrogen-bond acceptors (Lipinski definition) is 4. The Morgan fingerprint density at radius 3 is 2.67 bits per heavy atom. The molecule has 1 aromatic heterocycles. The van der Waals surface area contributed by atoms with E-state index in [1.54, 1.807) is 20.8 Å². The van der Waals surface area contributed by atoms with Crippen LogP contribution in [0.2, 0.25) is 0 Å². The number of amides is 4. The quantitative estimate of drug-likeness (QED) is 0.839. The lowest BCUT2D eigenvalue weighted by atomic mass is 10.1. The number of imide groups is 1. The van der Waals surface area contributed by atoms with E-state index in [1.807, 2.05) is 30.3 Å². The Morgan fingerprint density at radius 1 is 1.33 bits per heavy atom. The number of hydrogen-bond donors (Lipinski definition) is 2. The van der Waals surface area contributed by atoms with Crippen LogP contribution >= 0.6 is 0 Å². The third kappa shape index (κ3) is 2.84. The van der Waals surface area contributed by atoms with Crippen LogP contribution in [0.4, 0.5) is 4.79 Å². The Morgan fingerprint density at radius 2 is 2.04 bits per heavy atom. The molecule has 4 amide bonds. The van der Waals surface area contributed by atoms with Gasteiger partial charge in [-0.1, -0.05) is 18.2 Å². The third-order valence-corrected chi connectivity index (χ3v) is 3.99. The summed E-state index contributed by atoms with van der Waals surface area (Å²) in [5.74, 6) is -0.231. The summed E-state index contributed by atoms with van der Waals surface area (Å²) in [6, 6.07) is 8.48. The lowest BCUT2D eigenvalue weighted by Crippen LogP contribution is -2.43. The predicted octanol–water partition coefficient (Wildman–Crippen LogP) is 1.94. The van der Waals surface area contributed by atoms with Gasteiger partial charge in [-0.05, 0) is 32.9 Å². The molecule has 1 saturated heterocycles. The minimum Gasteiger partial charge on any atom is -0.459 e. The largest absolute Gasteiger partial charge is 0.459 e. The van der Waals surface area contributed by atoms with Crippen LogP contribution in [0.25, 0.3) is 11.0 Å². The summed E-state index contributed by atoms with van der Waals surface area (Å²) in [5.41, 5.74) is -0.244. The van der Waals surface area contributed by atoms with Crippen molar-refractivity contribution in [2.24, 2.45) is 0 Å². The average molecular weight is 329 g/mol. The highest BCUT2D eigenvalue weighted by molar-refractivity contribution is 6.08. The van der Waals surface area contributed by atoms with Crippen molar-refractivity contribution in [3.63, 3.8) is 0 Å². The van der Waals surface area contributed by atoms with Crippen LogP contribution in [0, 0.1) is 0 Å². The van der Waals surface area contributed by atoms with Crippen LogP contribution in [-0.4, -0.2) is 34.8 Å². The van der Waals surface area contributed by atoms with Gasteiger partial charge in [0, 0.05) is 5.39 Å². The van der Waals surface area contributed by atoms with Gasteiger partial charge in [0.05, 0.1) is 6.04 Å². The highest BCUT2D eigenvalue weighted by atomic mass is 16.3. The summed E-state index contributed by atoms with van der Waals surface area (Å²) in [4.78, 5) is 37.0. The summed E-state index contributed by atoms with van der Waals surface area (Å²) in [7, 11) is 0. The maximum absolute atomic E-state index is 12.2. The number of nitrogens with zero attached hydrogens (tertiary/aromatic N) is 1. The van der Waals surface area contributed by atoms with Gasteiger partial charge in [0.15, 0.2) is 0 Å². The summed E-state index contributed by atoms with van der Waals surface area (Å²) >= 11 is 0. The number of carbonyl (C=O) groups is 3. The van der Waals surface area contributed by atoms with E-state index in [2.05, 4.69) is 10.6 Å². The number of furan rings is 1. The van der Waals surface area contributed by atoms with Crippen molar-refractivity contribution in [2.45, 2.75) is 32.4 Å². The molecule has 1 aliphatic heterocycles. The molecule has 2 heterocycles. The van der Waals surface area contributed by atoms with E-state index < -0.39 is 23.4 Å². The summed E-state index contributed by atoms with van der Waals surface area (Å²) in [5, 5.41) is 6.23. The number of carbonyl (C=O) groups excluding carboxylic acids is 3. The molecule has 7 heteroatoms. The molecule has 7 nitrogen and oxygen atoms in total. The fraction of sp³-hybridized carbons (Fsp3) is 0.353. The van der Waals surface area contributed by atoms with E-state index in [-0.39, 0.29) is 12.6 Å². The Kier molecular flexibility index (Phi) is 3.79. The van der Waals surface area contributed by atoms with Crippen LogP contribution in [0.1, 0.15) is 32.6 Å². The topological polar surface area (TPSA) is 91.7 Å². The Bertz CT molecular complexity index is 791. The number of nitrogens with one attached hydrogen (secondary N) is 2. The molecule has 0 spiro atoms. The van der Waals surface area contributed by atoms with Crippen LogP contribution in [0.3, 0.4) is 0 Å². The SMILES string of the molecule is CC(NC(=O)CN1C(=O)NC(C)(C)C1=O)c1cc2ccccc2o1. The van der Waals surface area contributed by atoms with Gasteiger partial charge in [0.2, 0.25) is 5.91 Å². The lowest BCUT2D eigenvalue weighted by molar-refractivity contribution is -0.134. The smallest absolute Gasteiger partial charge is 0.325 e. The van der Waals surface area contributed by atoms with E-state index in [0.29, 0.717) is 5.76 Å². The first kappa shape index (κ1) is 16.0. The van der Waals surface area contributed by atoms with E-state index in [9.17, 15) is 14.4 Å². The molecule has 1 aliphatic rings. The molecule has 0 aliphatic carbocycles. The summed E-state index contributed by atoms with van der Waals surface area (Å²) in [6.07, 6.45) is 0. The molecule has 3 rings (SSSR count). The minimum absolute atomic E-state index is 0.321. The van der Waals surface area contributed by atoms with Gasteiger partial charge in [-0.25, -0.2) is 4.79 Å². The van der Waals surface area contributed by atoms with Gasteiger partial charge in [0.1, 0.15) is 23.4 Å². The fourth-order valence-corrected chi connectivity index (χ4v) is 2.68. The minimum atomic E-state index is -0.984. The standard InChI is InChI=1S/C17H19N3O4/c1-10(13-8-11-6-4-5-7-12(11)24-13)18-14(21)9-20-15(22)17(2,3)19-16(20)23/h4-8,10H,9H2,1-3H3,(H,18,21)(H,19,23). The molecular weight excluding hydrogens is 310 g/mol. The lowest BCUT2D eigenvalue weighted by Gasteiger charge is -2.17. The van der Waals surface area contributed by atoms with Crippen LogP contribution < -0.4 is 10.6 Å². The van der Waals surface area contributed by atoms with Crippen molar-refractivity contribution in [1.82, 2.24) is 15.5 Å². The number of rotatable bonds is 4. The van der Waals surface area contributed by atoms with E-state index in [4.69, 9.17) is 4.42 Å².